The van der Waals surface area contributed by atoms with Crippen molar-refractivity contribution in [2.24, 2.45) is 0 Å². The number of nitrogen functional groups attached to an aromatic ring is 1. The number of benzene rings is 1. The normalized spacial score (nSPS) is 14.3. The second kappa shape index (κ2) is 6.27. The quantitative estimate of drug-likeness (QED) is 0.707. The van der Waals surface area contributed by atoms with Gasteiger partial charge >= 0.3 is 5.97 Å². The number of hydrogen-bond donors (Lipinski definition) is 3. The van der Waals surface area contributed by atoms with Gasteiger partial charge in [-0.15, -0.1) is 0 Å². The summed E-state index contributed by atoms with van der Waals surface area (Å²) in [6.07, 6.45) is 2.61. The lowest BCUT2D eigenvalue weighted by molar-refractivity contribution is -0.129. The fourth-order valence-corrected chi connectivity index (χ4v) is 2.31. The topological polar surface area (TPSA) is 95.7 Å². The maximum absolute atomic E-state index is 11.8. The van der Waals surface area contributed by atoms with Gasteiger partial charge in [0.15, 0.2) is 0 Å². The molecule has 1 aliphatic rings. The Balaban J connectivity index is 1.83. The molecule has 1 aromatic carbocycles. The van der Waals surface area contributed by atoms with Crippen LogP contribution in [0.2, 0.25) is 0 Å². The standard InChI is InChI=1S/C14H19N3O3/c15-12-9-10(3-4-11(12)14(19)20)16-6-5-13(18)17-7-1-2-8-17/h3-4,9,16H,1-2,5-8,15H2,(H,19,20). The van der Waals surface area contributed by atoms with E-state index in [2.05, 4.69) is 5.32 Å². The van der Waals surface area contributed by atoms with E-state index in [0.29, 0.717) is 13.0 Å². The zero-order chi connectivity index (χ0) is 14.5. The molecule has 2 rings (SSSR count). The highest BCUT2D eigenvalue weighted by Crippen LogP contribution is 2.18. The summed E-state index contributed by atoms with van der Waals surface area (Å²) in [6, 6.07) is 4.69. The average Bonchev–Trinajstić information content (AvgIpc) is 2.92. The number of nitrogens with one attached hydrogen (secondary N) is 1. The number of hydrogen-bond acceptors (Lipinski definition) is 4. The maximum atomic E-state index is 11.8. The zero-order valence-electron chi connectivity index (χ0n) is 11.3. The van der Waals surface area contributed by atoms with Gasteiger partial charge in [0.2, 0.25) is 5.91 Å². The predicted octanol–water partition coefficient (Wildman–Crippen LogP) is 1.39. The van der Waals surface area contributed by atoms with Gasteiger partial charge in [-0.2, -0.15) is 0 Å². The summed E-state index contributed by atoms with van der Waals surface area (Å²) in [6.45, 7) is 2.24. The number of carboxylic acids is 1. The van der Waals surface area contributed by atoms with Crippen molar-refractivity contribution in [2.45, 2.75) is 19.3 Å². The lowest BCUT2D eigenvalue weighted by Crippen LogP contribution is -2.29. The molecule has 20 heavy (non-hydrogen) atoms. The van der Waals surface area contributed by atoms with E-state index in [1.54, 1.807) is 12.1 Å². The van der Waals surface area contributed by atoms with Crippen LogP contribution in [0.5, 0.6) is 0 Å². The van der Waals surface area contributed by atoms with Crippen molar-refractivity contribution >= 4 is 23.3 Å². The lowest BCUT2D eigenvalue weighted by Gasteiger charge is -2.15. The second-order valence-electron chi connectivity index (χ2n) is 4.87. The molecule has 0 spiro atoms. The van der Waals surface area contributed by atoms with E-state index in [-0.39, 0.29) is 17.2 Å². The number of anilines is 2. The molecule has 0 atom stereocenters. The van der Waals surface area contributed by atoms with Crippen LogP contribution in [0.3, 0.4) is 0 Å². The molecule has 1 saturated heterocycles. The number of carbonyl (C=O) groups excluding carboxylic acids is 1. The van der Waals surface area contributed by atoms with Crippen LogP contribution in [-0.4, -0.2) is 41.5 Å². The van der Waals surface area contributed by atoms with E-state index in [0.717, 1.165) is 31.6 Å². The van der Waals surface area contributed by atoms with Crippen LogP contribution >= 0.6 is 0 Å². The van der Waals surface area contributed by atoms with Gasteiger partial charge in [0, 0.05) is 37.4 Å². The SMILES string of the molecule is Nc1cc(NCCC(=O)N2CCCC2)ccc1C(=O)O. The van der Waals surface area contributed by atoms with Crippen molar-refractivity contribution < 1.29 is 14.7 Å². The fourth-order valence-electron chi connectivity index (χ4n) is 2.31. The van der Waals surface area contributed by atoms with Crippen LogP contribution in [0.4, 0.5) is 11.4 Å². The van der Waals surface area contributed by atoms with E-state index in [4.69, 9.17) is 10.8 Å². The number of aromatic carboxylic acids is 1. The molecule has 1 aromatic rings. The number of nitrogens with zero attached hydrogens (tertiary/aromatic N) is 1. The molecule has 0 bridgehead atoms. The summed E-state index contributed by atoms with van der Waals surface area (Å²) >= 11 is 0. The van der Waals surface area contributed by atoms with E-state index in [9.17, 15) is 9.59 Å². The fraction of sp³-hybridized carbons (Fsp3) is 0.429. The summed E-state index contributed by atoms with van der Waals surface area (Å²) in [4.78, 5) is 24.5. The Labute approximate surface area is 117 Å². The molecule has 6 heteroatoms. The molecular weight excluding hydrogens is 258 g/mol. The highest BCUT2D eigenvalue weighted by molar-refractivity contribution is 5.94. The smallest absolute Gasteiger partial charge is 0.337 e. The highest BCUT2D eigenvalue weighted by Gasteiger charge is 2.17. The van der Waals surface area contributed by atoms with E-state index in [1.165, 1.54) is 6.07 Å². The minimum atomic E-state index is -1.04. The third-order valence-electron chi connectivity index (χ3n) is 3.41. The number of rotatable bonds is 5. The summed E-state index contributed by atoms with van der Waals surface area (Å²) in [5.74, 6) is -0.886. The molecule has 1 amide bonds. The Morgan fingerprint density at radius 3 is 2.60 bits per heavy atom. The van der Waals surface area contributed by atoms with Crippen LogP contribution in [-0.2, 0) is 4.79 Å². The van der Waals surface area contributed by atoms with Crippen LogP contribution in [0.25, 0.3) is 0 Å². The second-order valence-corrected chi connectivity index (χ2v) is 4.87. The third-order valence-corrected chi connectivity index (χ3v) is 3.41. The van der Waals surface area contributed by atoms with Crippen molar-refractivity contribution in [1.29, 1.82) is 0 Å². The maximum Gasteiger partial charge on any atom is 0.337 e. The van der Waals surface area contributed by atoms with E-state index < -0.39 is 5.97 Å². The van der Waals surface area contributed by atoms with Crippen molar-refractivity contribution in [1.82, 2.24) is 4.90 Å². The molecule has 0 unspecified atom stereocenters. The first-order valence-electron chi connectivity index (χ1n) is 6.72. The van der Waals surface area contributed by atoms with Gasteiger partial charge in [-0.05, 0) is 31.0 Å². The summed E-state index contributed by atoms with van der Waals surface area (Å²) in [5.41, 5.74) is 6.68. The third kappa shape index (κ3) is 3.40. The van der Waals surface area contributed by atoms with Crippen LogP contribution in [0.1, 0.15) is 29.6 Å². The Morgan fingerprint density at radius 2 is 2.00 bits per heavy atom. The Morgan fingerprint density at radius 1 is 1.30 bits per heavy atom. The Kier molecular flexibility index (Phi) is 4.45. The van der Waals surface area contributed by atoms with Crippen LogP contribution < -0.4 is 11.1 Å². The van der Waals surface area contributed by atoms with Crippen molar-refractivity contribution in [2.75, 3.05) is 30.7 Å². The van der Waals surface area contributed by atoms with Gasteiger partial charge in [0.1, 0.15) is 0 Å². The first kappa shape index (κ1) is 14.2. The molecule has 108 valence electrons. The van der Waals surface area contributed by atoms with Crippen LogP contribution in [0.15, 0.2) is 18.2 Å². The molecule has 0 radical (unpaired) electrons. The molecule has 0 aromatic heterocycles. The number of likely N-dealkylation sites (tertiary alicyclic amines) is 1. The van der Waals surface area contributed by atoms with Gasteiger partial charge in [-0.1, -0.05) is 0 Å². The highest BCUT2D eigenvalue weighted by atomic mass is 16.4. The summed E-state index contributed by atoms with van der Waals surface area (Å²) < 4.78 is 0. The van der Waals surface area contributed by atoms with Crippen molar-refractivity contribution in [3.8, 4) is 0 Å². The van der Waals surface area contributed by atoms with Gasteiger partial charge in [0.05, 0.1) is 5.56 Å². The van der Waals surface area contributed by atoms with E-state index >= 15 is 0 Å². The minimum Gasteiger partial charge on any atom is -0.478 e. The molecule has 6 nitrogen and oxygen atoms in total. The van der Waals surface area contributed by atoms with Crippen LogP contribution in [0, 0.1) is 0 Å². The molecular formula is C14H19N3O3. The molecule has 1 aliphatic heterocycles. The molecule has 1 heterocycles. The summed E-state index contributed by atoms with van der Waals surface area (Å²) in [7, 11) is 0. The van der Waals surface area contributed by atoms with Crippen molar-refractivity contribution in [3.63, 3.8) is 0 Å². The molecule has 0 saturated carbocycles. The van der Waals surface area contributed by atoms with Gasteiger partial charge in [0.25, 0.3) is 0 Å². The predicted molar refractivity (Wildman–Crippen MR) is 76.7 cm³/mol. The molecule has 1 fully saturated rings. The monoisotopic (exact) mass is 277 g/mol. The van der Waals surface area contributed by atoms with Gasteiger partial charge in [-0.3, -0.25) is 4.79 Å². The van der Waals surface area contributed by atoms with Crippen molar-refractivity contribution in [3.05, 3.63) is 23.8 Å². The molecule has 4 N–H and O–H groups in total. The van der Waals surface area contributed by atoms with E-state index in [1.807, 2.05) is 4.90 Å². The zero-order valence-corrected chi connectivity index (χ0v) is 11.3. The summed E-state index contributed by atoms with van der Waals surface area (Å²) in [5, 5.41) is 12.0. The largest absolute Gasteiger partial charge is 0.478 e. The Bertz CT molecular complexity index is 510. The number of amides is 1. The first-order valence-corrected chi connectivity index (χ1v) is 6.72. The Hall–Kier alpha value is -2.24. The number of nitrogens with two attached hydrogens (primary N) is 1. The molecule has 0 aliphatic carbocycles. The average molecular weight is 277 g/mol. The first-order chi connectivity index (χ1) is 9.58. The van der Waals surface area contributed by atoms with Gasteiger partial charge < -0.3 is 21.1 Å². The van der Waals surface area contributed by atoms with Gasteiger partial charge in [-0.25, -0.2) is 4.79 Å². The lowest BCUT2D eigenvalue weighted by atomic mass is 10.1. The number of carbonyl (C=O) groups is 2. The minimum absolute atomic E-state index is 0.0868. The number of carboxylic acid groups (broad SMARTS) is 1.